The molecule has 1 fully saturated rings. The van der Waals surface area contributed by atoms with Gasteiger partial charge in [-0.2, -0.15) is 0 Å². The van der Waals surface area contributed by atoms with Crippen molar-refractivity contribution in [2.75, 3.05) is 13.1 Å². The van der Waals surface area contributed by atoms with Gasteiger partial charge in [-0.05, 0) is 31.9 Å². The molecule has 0 N–H and O–H groups in total. The molecule has 0 bridgehead atoms. The van der Waals surface area contributed by atoms with E-state index in [0.717, 1.165) is 25.2 Å². The van der Waals surface area contributed by atoms with Gasteiger partial charge in [-0.15, -0.1) is 0 Å². The lowest BCUT2D eigenvalue weighted by molar-refractivity contribution is 0.0668. The van der Waals surface area contributed by atoms with E-state index in [9.17, 15) is 4.79 Å². The number of carbonyl (C=O) groups excluding carboxylic acids is 1. The first-order valence-corrected chi connectivity index (χ1v) is 8.01. The zero-order valence-corrected chi connectivity index (χ0v) is 13.4. The molecule has 1 atom stereocenters. The van der Waals surface area contributed by atoms with Gasteiger partial charge in [-0.3, -0.25) is 4.79 Å². The second-order valence-electron chi connectivity index (χ2n) is 5.98. The second-order valence-corrected chi connectivity index (χ2v) is 5.98. The van der Waals surface area contributed by atoms with Gasteiger partial charge in [0.2, 0.25) is 5.76 Å². The first-order chi connectivity index (χ1) is 11.7. The standard InChI is InChI=1S/C17H18N4O3/c1-12-18-6-8-21(12)13-4-2-7-20(11-13)17(22)14-10-16(24-19-14)15-5-3-9-23-15/h3,5-6,8-10,13H,2,4,7,11H2,1H3/t13-/m0/s1. The molecular formula is C17H18N4O3. The summed E-state index contributed by atoms with van der Waals surface area (Å²) in [5.74, 6) is 1.88. The highest BCUT2D eigenvalue weighted by atomic mass is 16.5. The zero-order valence-electron chi connectivity index (χ0n) is 13.4. The van der Waals surface area contributed by atoms with Crippen LogP contribution in [0, 0.1) is 6.92 Å². The number of nitrogens with zero attached hydrogens (tertiary/aromatic N) is 4. The van der Waals surface area contributed by atoms with Crippen molar-refractivity contribution in [1.82, 2.24) is 19.6 Å². The molecule has 1 saturated heterocycles. The first kappa shape index (κ1) is 14.7. The predicted molar refractivity (Wildman–Crippen MR) is 85.3 cm³/mol. The van der Waals surface area contributed by atoms with Crippen LogP contribution >= 0.6 is 0 Å². The van der Waals surface area contributed by atoms with Crippen molar-refractivity contribution in [3.05, 3.63) is 48.4 Å². The summed E-state index contributed by atoms with van der Waals surface area (Å²) in [4.78, 5) is 18.8. The van der Waals surface area contributed by atoms with Crippen molar-refractivity contribution in [1.29, 1.82) is 0 Å². The number of carbonyl (C=O) groups is 1. The van der Waals surface area contributed by atoms with Gasteiger partial charge in [0, 0.05) is 31.5 Å². The Morgan fingerprint density at radius 3 is 3.04 bits per heavy atom. The summed E-state index contributed by atoms with van der Waals surface area (Å²) in [7, 11) is 0. The highest BCUT2D eigenvalue weighted by Gasteiger charge is 2.28. The van der Waals surface area contributed by atoms with Gasteiger partial charge in [0.25, 0.3) is 5.91 Å². The second kappa shape index (κ2) is 5.99. The van der Waals surface area contributed by atoms with Crippen LogP contribution in [0.5, 0.6) is 0 Å². The Labute approximate surface area is 138 Å². The fourth-order valence-electron chi connectivity index (χ4n) is 3.21. The number of aryl methyl sites for hydroxylation is 1. The van der Waals surface area contributed by atoms with E-state index in [0.29, 0.717) is 23.8 Å². The summed E-state index contributed by atoms with van der Waals surface area (Å²) in [5.41, 5.74) is 0.310. The molecule has 0 aromatic carbocycles. The maximum Gasteiger partial charge on any atom is 0.276 e. The third kappa shape index (κ3) is 2.62. The molecule has 24 heavy (non-hydrogen) atoms. The summed E-state index contributed by atoms with van der Waals surface area (Å²) in [6.45, 7) is 3.36. The van der Waals surface area contributed by atoms with E-state index in [2.05, 4.69) is 14.7 Å². The average Bonchev–Trinajstić information content (AvgIpc) is 3.35. The van der Waals surface area contributed by atoms with E-state index in [4.69, 9.17) is 8.94 Å². The molecule has 7 heteroatoms. The van der Waals surface area contributed by atoms with Gasteiger partial charge in [-0.25, -0.2) is 4.98 Å². The van der Waals surface area contributed by atoms with Crippen LogP contribution in [0.3, 0.4) is 0 Å². The number of imidazole rings is 1. The maximum absolute atomic E-state index is 12.7. The van der Waals surface area contributed by atoms with Crippen molar-refractivity contribution in [3.63, 3.8) is 0 Å². The lowest BCUT2D eigenvalue weighted by atomic mass is 10.0. The SMILES string of the molecule is Cc1nccn1[C@H]1CCCN(C(=O)c2cc(-c3ccco3)on2)C1. The Morgan fingerprint density at radius 1 is 1.38 bits per heavy atom. The average molecular weight is 326 g/mol. The molecule has 4 rings (SSSR count). The molecule has 4 heterocycles. The van der Waals surface area contributed by atoms with Crippen LogP contribution in [0.4, 0.5) is 0 Å². The van der Waals surface area contributed by atoms with E-state index in [1.54, 1.807) is 30.7 Å². The molecule has 7 nitrogen and oxygen atoms in total. The van der Waals surface area contributed by atoms with E-state index in [1.165, 1.54) is 0 Å². The number of hydrogen-bond donors (Lipinski definition) is 0. The Bertz CT molecular complexity index is 834. The van der Waals surface area contributed by atoms with Gasteiger partial charge in [0.05, 0.1) is 12.3 Å². The molecule has 124 valence electrons. The van der Waals surface area contributed by atoms with Gasteiger partial charge in [-0.1, -0.05) is 5.16 Å². The summed E-state index contributed by atoms with van der Waals surface area (Å²) in [5, 5.41) is 3.91. The van der Waals surface area contributed by atoms with Crippen molar-refractivity contribution in [2.45, 2.75) is 25.8 Å². The van der Waals surface area contributed by atoms with Crippen LogP contribution in [0.2, 0.25) is 0 Å². The molecule has 0 saturated carbocycles. The highest BCUT2D eigenvalue weighted by molar-refractivity contribution is 5.93. The lowest BCUT2D eigenvalue weighted by Gasteiger charge is -2.33. The number of aromatic nitrogens is 3. The number of amides is 1. The minimum Gasteiger partial charge on any atom is -0.461 e. The number of furan rings is 1. The molecule has 0 radical (unpaired) electrons. The number of rotatable bonds is 3. The summed E-state index contributed by atoms with van der Waals surface area (Å²) >= 11 is 0. The van der Waals surface area contributed by atoms with E-state index in [-0.39, 0.29) is 11.9 Å². The third-order valence-corrected chi connectivity index (χ3v) is 4.43. The molecule has 1 aliphatic rings. The van der Waals surface area contributed by atoms with E-state index < -0.39 is 0 Å². The summed E-state index contributed by atoms with van der Waals surface area (Å²) in [6.07, 6.45) is 7.32. The third-order valence-electron chi connectivity index (χ3n) is 4.43. The van der Waals surface area contributed by atoms with Crippen LogP contribution in [0.25, 0.3) is 11.5 Å². The van der Waals surface area contributed by atoms with Crippen molar-refractivity contribution < 1.29 is 13.7 Å². The minimum atomic E-state index is -0.112. The number of hydrogen-bond acceptors (Lipinski definition) is 5. The van der Waals surface area contributed by atoms with E-state index >= 15 is 0 Å². The highest BCUT2D eigenvalue weighted by Crippen LogP contribution is 2.25. The molecule has 0 spiro atoms. The van der Waals surface area contributed by atoms with Crippen molar-refractivity contribution in [3.8, 4) is 11.5 Å². The smallest absolute Gasteiger partial charge is 0.276 e. The van der Waals surface area contributed by atoms with Gasteiger partial charge >= 0.3 is 0 Å². The zero-order chi connectivity index (χ0) is 16.5. The van der Waals surface area contributed by atoms with Gasteiger partial charge in [0.15, 0.2) is 11.5 Å². The largest absolute Gasteiger partial charge is 0.461 e. The molecule has 3 aromatic rings. The lowest BCUT2D eigenvalue weighted by Crippen LogP contribution is -2.40. The maximum atomic E-state index is 12.7. The molecule has 0 unspecified atom stereocenters. The molecule has 3 aromatic heterocycles. The summed E-state index contributed by atoms with van der Waals surface area (Å²) in [6, 6.07) is 5.42. The van der Waals surface area contributed by atoms with Crippen LogP contribution < -0.4 is 0 Å². The Hall–Kier alpha value is -2.83. The Kier molecular flexibility index (Phi) is 3.68. The topological polar surface area (TPSA) is 77.3 Å². The van der Waals surface area contributed by atoms with Gasteiger partial charge in [0.1, 0.15) is 5.82 Å². The monoisotopic (exact) mass is 326 g/mol. The molecule has 1 aliphatic heterocycles. The number of piperidine rings is 1. The van der Waals surface area contributed by atoms with Crippen LogP contribution in [0.15, 0.2) is 45.8 Å². The fourth-order valence-corrected chi connectivity index (χ4v) is 3.21. The fraction of sp³-hybridized carbons (Fsp3) is 0.353. The Balaban J connectivity index is 1.51. The molecule has 1 amide bonds. The summed E-state index contributed by atoms with van der Waals surface area (Å²) < 4.78 is 12.6. The molecule has 0 aliphatic carbocycles. The quantitative estimate of drug-likeness (QED) is 0.739. The normalized spacial score (nSPS) is 18.0. The van der Waals surface area contributed by atoms with Crippen molar-refractivity contribution >= 4 is 5.91 Å². The number of likely N-dealkylation sites (tertiary alicyclic amines) is 1. The molecular weight excluding hydrogens is 308 g/mol. The van der Waals surface area contributed by atoms with Gasteiger partial charge < -0.3 is 18.4 Å². The van der Waals surface area contributed by atoms with Crippen LogP contribution in [-0.4, -0.2) is 38.6 Å². The van der Waals surface area contributed by atoms with E-state index in [1.807, 2.05) is 18.0 Å². The predicted octanol–water partition coefficient (Wildman–Crippen LogP) is 2.92. The van der Waals surface area contributed by atoms with Crippen molar-refractivity contribution in [2.24, 2.45) is 0 Å². The minimum absolute atomic E-state index is 0.112. The Morgan fingerprint density at radius 2 is 2.29 bits per heavy atom. The van der Waals surface area contributed by atoms with Crippen LogP contribution in [-0.2, 0) is 0 Å². The first-order valence-electron chi connectivity index (χ1n) is 8.01. The van der Waals surface area contributed by atoms with Crippen LogP contribution in [0.1, 0.15) is 35.2 Å².